The van der Waals surface area contributed by atoms with Gasteiger partial charge in [0.15, 0.2) is 0 Å². The van der Waals surface area contributed by atoms with Gasteiger partial charge < -0.3 is 29.3 Å². The van der Waals surface area contributed by atoms with Gasteiger partial charge in [0.25, 0.3) is 0 Å². The summed E-state index contributed by atoms with van der Waals surface area (Å²) in [7, 11) is 6.89. The Balaban J connectivity index is 1.45. The highest BCUT2D eigenvalue weighted by atomic mass is 16.6. The highest BCUT2D eigenvalue weighted by Crippen LogP contribution is 2.33. The summed E-state index contributed by atoms with van der Waals surface area (Å²) in [5, 5.41) is 3.32. The van der Waals surface area contributed by atoms with E-state index in [-0.39, 0.29) is 5.88 Å². The number of nitrogens with one attached hydrogen (secondary N) is 1. The Morgan fingerprint density at radius 1 is 0.933 bits per heavy atom. The van der Waals surface area contributed by atoms with E-state index in [9.17, 15) is 4.79 Å². The molecule has 45 heavy (non-hydrogen) atoms. The number of hydrogen-bond acceptors (Lipinski definition) is 9. The van der Waals surface area contributed by atoms with Gasteiger partial charge in [-0.15, -0.1) is 0 Å². The second-order valence-electron chi connectivity index (χ2n) is 11.5. The van der Waals surface area contributed by atoms with Crippen molar-refractivity contribution in [3.05, 3.63) is 77.4 Å². The zero-order chi connectivity index (χ0) is 32.2. The monoisotopic (exact) mass is 610 g/mol. The molecule has 0 aliphatic carbocycles. The Kier molecular flexibility index (Phi) is 9.43. The summed E-state index contributed by atoms with van der Waals surface area (Å²) in [6, 6.07) is 19.7. The van der Waals surface area contributed by atoms with Crippen molar-refractivity contribution < 1.29 is 19.0 Å². The molecule has 0 spiro atoms. The molecule has 1 fully saturated rings. The molecule has 1 aliphatic rings. The second kappa shape index (κ2) is 13.4. The maximum atomic E-state index is 13.4. The second-order valence-corrected chi connectivity index (χ2v) is 11.5. The number of rotatable bonds is 8. The van der Waals surface area contributed by atoms with E-state index in [0.29, 0.717) is 34.9 Å². The van der Waals surface area contributed by atoms with Crippen molar-refractivity contribution >= 4 is 29.1 Å². The van der Waals surface area contributed by atoms with Crippen LogP contribution in [-0.4, -0.2) is 75.0 Å². The van der Waals surface area contributed by atoms with Crippen LogP contribution in [0.2, 0.25) is 0 Å². The largest absolute Gasteiger partial charge is 0.497 e. The van der Waals surface area contributed by atoms with Gasteiger partial charge in [-0.1, -0.05) is 12.1 Å². The van der Waals surface area contributed by atoms with E-state index in [4.69, 9.17) is 19.2 Å². The molecule has 1 aliphatic heterocycles. The maximum absolute atomic E-state index is 13.4. The molecule has 1 amide bonds. The van der Waals surface area contributed by atoms with Crippen molar-refractivity contribution in [2.75, 3.05) is 63.1 Å². The molecule has 1 saturated heterocycles. The number of anilines is 4. The number of hydrogen-bond donors (Lipinski definition) is 1. The van der Waals surface area contributed by atoms with Crippen molar-refractivity contribution in [3.8, 4) is 28.6 Å². The fraction of sp³-hybridized carbons (Fsp3) is 0.343. The van der Waals surface area contributed by atoms with Crippen LogP contribution in [-0.2, 0) is 0 Å². The molecule has 1 N–H and O–H groups in total. The number of aromatic nitrogens is 2. The Morgan fingerprint density at radius 3 is 2.38 bits per heavy atom. The number of piperazine rings is 1. The molecule has 1 atom stereocenters. The molecular formula is C35H42N6O4. The molecular weight excluding hydrogens is 568 g/mol. The molecule has 5 rings (SSSR count). The minimum Gasteiger partial charge on any atom is -0.497 e. The SMILES string of the molecule is COc1ccc(OC)c(N(C)C(=O)Oc2cc(-c3ccc(C)c(C)c3C)nc(Nc3ccc(N4CCN(C)C(C)C4)cc3)n2)c1. The van der Waals surface area contributed by atoms with Gasteiger partial charge in [0.2, 0.25) is 11.8 Å². The Labute approximate surface area is 265 Å². The molecule has 3 aromatic carbocycles. The Morgan fingerprint density at radius 2 is 1.69 bits per heavy atom. The van der Waals surface area contributed by atoms with Crippen molar-refractivity contribution in [2.45, 2.75) is 33.7 Å². The molecule has 1 aromatic heterocycles. The first-order valence-electron chi connectivity index (χ1n) is 15.0. The van der Waals surface area contributed by atoms with Crippen LogP contribution in [0.5, 0.6) is 17.4 Å². The molecule has 0 bridgehead atoms. The summed E-state index contributed by atoms with van der Waals surface area (Å²) in [4.78, 5) is 29.0. The summed E-state index contributed by atoms with van der Waals surface area (Å²) >= 11 is 0. The lowest BCUT2D eigenvalue weighted by molar-refractivity contribution is 0.207. The molecule has 1 unspecified atom stereocenters. The van der Waals surface area contributed by atoms with Crippen LogP contribution in [0.1, 0.15) is 23.6 Å². The number of nitrogens with zero attached hydrogens (tertiary/aromatic N) is 5. The Bertz CT molecular complexity index is 1680. The number of benzene rings is 3. The average Bonchev–Trinajstić information content (AvgIpc) is 3.04. The molecule has 10 heteroatoms. The van der Waals surface area contributed by atoms with Crippen molar-refractivity contribution in [2.24, 2.45) is 0 Å². The molecule has 0 radical (unpaired) electrons. The average molecular weight is 611 g/mol. The van der Waals surface area contributed by atoms with E-state index in [1.54, 1.807) is 45.5 Å². The normalized spacial score (nSPS) is 15.0. The summed E-state index contributed by atoms with van der Waals surface area (Å²) in [5.41, 5.74) is 7.53. The van der Waals surface area contributed by atoms with Gasteiger partial charge in [-0.3, -0.25) is 4.90 Å². The molecule has 4 aromatic rings. The summed E-state index contributed by atoms with van der Waals surface area (Å²) in [6.45, 7) is 11.5. The molecule has 10 nitrogen and oxygen atoms in total. The van der Waals surface area contributed by atoms with Crippen LogP contribution in [0.15, 0.2) is 60.7 Å². The summed E-state index contributed by atoms with van der Waals surface area (Å²) < 4.78 is 16.7. The van der Waals surface area contributed by atoms with Gasteiger partial charge in [-0.2, -0.15) is 4.98 Å². The third-order valence-electron chi connectivity index (χ3n) is 8.70. The number of likely N-dealkylation sites (N-methyl/N-ethyl adjacent to an activating group) is 1. The van der Waals surface area contributed by atoms with E-state index >= 15 is 0 Å². The smallest absolute Gasteiger partial charge is 0.420 e. The predicted octanol–water partition coefficient (Wildman–Crippen LogP) is 6.61. The maximum Gasteiger partial charge on any atom is 0.420 e. The van der Waals surface area contributed by atoms with E-state index < -0.39 is 6.09 Å². The highest BCUT2D eigenvalue weighted by Gasteiger charge is 2.22. The van der Waals surface area contributed by atoms with Crippen molar-refractivity contribution in [3.63, 3.8) is 0 Å². The van der Waals surface area contributed by atoms with Crippen LogP contribution in [0, 0.1) is 20.8 Å². The van der Waals surface area contributed by atoms with E-state index in [1.807, 2.05) is 18.2 Å². The number of amides is 1. The lowest BCUT2D eigenvalue weighted by atomic mass is 9.97. The first kappa shape index (κ1) is 31.6. The number of carbonyl (C=O) groups excluding carboxylic acids is 1. The lowest BCUT2D eigenvalue weighted by Crippen LogP contribution is -2.50. The zero-order valence-electron chi connectivity index (χ0n) is 27.3. The van der Waals surface area contributed by atoms with Gasteiger partial charge in [-0.05, 0) is 87.8 Å². The first-order chi connectivity index (χ1) is 21.6. The minimum atomic E-state index is -0.639. The van der Waals surface area contributed by atoms with E-state index in [1.165, 1.54) is 21.7 Å². The predicted molar refractivity (Wildman–Crippen MR) is 180 cm³/mol. The molecule has 2 heterocycles. The van der Waals surface area contributed by atoms with Crippen LogP contribution in [0.3, 0.4) is 0 Å². The van der Waals surface area contributed by atoms with Crippen LogP contribution in [0.4, 0.5) is 27.8 Å². The zero-order valence-corrected chi connectivity index (χ0v) is 27.3. The minimum absolute atomic E-state index is 0.113. The number of carbonyl (C=O) groups is 1. The standard InChI is InChI=1S/C35H42N6O4/c1-22-9-15-29(25(4)24(22)3)30-20-33(45-35(42)40(6)31-19-28(43-7)14-16-32(31)44-8)38-34(37-30)36-26-10-12-27(13-11-26)41-18-17-39(5)23(2)21-41/h9-16,19-20,23H,17-18,21H2,1-8H3,(H,36,37,38). The number of ether oxygens (including phenoxy) is 3. The van der Waals surface area contributed by atoms with Crippen LogP contribution < -0.4 is 29.3 Å². The summed E-state index contributed by atoms with van der Waals surface area (Å²) in [6.07, 6.45) is -0.639. The van der Waals surface area contributed by atoms with E-state index in [2.05, 4.69) is 73.0 Å². The third kappa shape index (κ3) is 6.96. The quantitative estimate of drug-likeness (QED) is 0.237. The first-order valence-corrected chi connectivity index (χ1v) is 15.0. The molecule has 236 valence electrons. The highest BCUT2D eigenvalue weighted by molar-refractivity contribution is 5.91. The number of methoxy groups -OCH3 is 2. The fourth-order valence-electron chi connectivity index (χ4n) is 5.39. The summed E-state index contributed by atoms with van der Waals surface area (Å²) in [5.74, 6) is 1.51. The topological polar surface area (TPSA) is 92.3 Å². The van der Waals surface area contributed by atoms with Crippen molar-refractivity contribution in [1.82, 2.24) is 14.9 Å². The van der Waals surface area contributed by atoms with Gasteiger partial charge in [0.1, 0.15) is 11.5 Å². The third-order valence-corrected chi connectivity index (χ3v) is 8.70. The van der Waals surface area contributed by atoms with Crippen LogP contribution >= 0.6 is 0 Å². The van der Waals surface area contributed by atoms with Crippen LogP contribution in [0.25, 0.3) is 11.3 Å². The van der Waals surface area contributed by atoms with Crippen molar-refractivity contribution in [1.29, 1.82) is 0 Å². The lowest BCUT2D eigenvalue weighted by Gasteiger charge is -2.39. The Hall–Kier alpha value is -4.83. The van der Waals surface area contributed by atoms with Gasteiger partial charge in [-0.25, -0.2) is 9.78 Å². The van der Waals surface area contributed by atoms with E-state index in [0.717, 1.165) is 36.4 Å². The molecule has 0 saturated carbocycles. The fourth-order valence-corrected chi connectivity index (χ4v) is 5.39. The van der Waals surface area contributed by atoms with Gasteiger partial charge >= 0.3 is 6.09 Å². The van der Waals surface area contributed by atoms with Gasteiger partial charge in [0, 0.05) is 61.8 Å². The number of aryl methyl sites for hydroxylation is 1. The van der Waals surface area contributed by atoms with Gasteiger partial charge in [0.05, 0.1) is 25.6 Å².